The molecule has 1 atom stereocenters. The van der Waals surface area contributed by atoms with Gasteiger partial charge in [0.05, 0.1) is 5.70 Å². The second-order valence-corrected chi connectivity index (χ2v) is 6.43. The van der Waals surface area contributed by atoms with Crippen LogP contribution in [0, 0.1) is 11.8 Å². The summed E-state index contributed by atoms with van der Waals surface area (Å²) in [5.41, 5.74) is 3.51. The molecule has 3 aromatic carbocycles. The third-order valence-corrected chi connectivity index (χ3v) is 4.53. The van der Waals surface area contributed by atoms with Gasteiger partial charge in [0.15, 0.2) is 0 Å². The molecule has 0 spiro atoms. The minimum Gasteiger partial charge on any atom is -0.447 e. The number of nitrogens with zero attached hydrogens (tertiary/aromatic N) is 1. The number of ether oxygens (including phenoxy) is 1. The van der Waals surface area contributed by atoms with Crippen molar-refractivity contribution in [2.45, 2.75) is 6.04 Å². The number of carbonyl (C=O) groups is 1. The number of hydrogen-bond acceptors (Lipinski definition) is 2. The average Bonchev–Trinajstić information content (AvgIpc) is 3.14. The van der Waals surface area contributed by atoms with Crippen LogP contribution in [0.3, 0.4) is 0 Å². The summed E-state index contributed by atoms with van der Waals surface area (Å²) in [5.74, 6) is 6.36. The number of hydrogen-bond donors (Lipinski definition) is 0. The smallest absolute Gasteiger partial charge is 0.415 e. The van der Waals surface area contributed by atoms with E-state index in [1.54, 1.807) is 4.90 Å². The average molecular weight is 365 g/mol. The number of rotatable bonds is 3. The topological polar surface area (TPSA) is 29.5 Å². The van der Waals surface area contributed by atoms with Gasteiger partial charge in [-0.3, -0.25) is 4.90 Å². The second-order valence-electron chi connectivity index (χ2n) is 6.43. The third kappa shape index (κ3) is 3.97. The molecule has 1 saturated heterocycles. The van der Waals surface area contributed by atoms with Gasteiger partial charge in [-0.2, -0.15) is 0 Å². The molecule has 1 aliphatic rings. The van der Waals surface area contributed by atoms with Crippen LogP contribution in [0.2, 0.25) is 0 Å². The first-order chi connectivity index (χ1) is 13.8. The van der Waals surface area contributed by atoms with Crippen LogP contribution >= 0.6 is 0 Å². The number of carbonyl (C=O) groups excluding carboxylic acids is 1. The highest BCUT2D eigenvalue weighted by Crippen LogP contribution is 2.31. The van der Waals surface area contributed by atoms with E-state index in [0.717, 1.165) is 16.7 Å². The molecule has 3 nitrogen and oxygen atoms in total. The van der Waals surface area contributed by atoms with Crippen molar-refractivity contribution in [2.24, 2.45) is 0 Å². The van der Waals surface area contributed by atoms with Crippen LogP contribution < -0.4 is 0 Å². The fourth-order valence-corrected chi connectivity index (χ4v) is 3.14. The maximum absolute atomic E-state index is 12.6. The molecule has 1 amide bonds. The largest absolute Gasteiger partial charge is 0.447 e. The number of benzene rings is 3. The zero-order valence-electron chi connectivity index (χ0n) is 15.3. The molecular weight excluding hydrogens is 346 g/mol. The molecule has 0 radical (unpaired) electrons. The molecule has 1 heterocycles. The SMILES string of the molecule is O=C1OC[C@@H](c2ccccc2)N1/C(C#Cc1ccccc1)=C\c1ccccc1. The summed E-state index contributed by atoms with van der Waals surface area (Å²) < 4.78 is 5.38. The second kappa shape index (κ2) is 8.28. The van der Waals surface area contributed by atoms with Crippen LogP contribution in [0.4, 0.5) is 4.79 Å². The predicted octanol–water partition coefficient (Wildman–Crippen LogP) is 5.27. The van der Waals surface area contributed by atoms with E-state index >= 15 is 0 Å². The van der Waals surface area contributed by atoms with Gasteiger partial charge in [0.1, 0.15) is 12.6 Å². The van der Waals surface area contributed by atoms with Crippen molar-refractivity contribution in [2.75, 3.05) is 6.61 Å². The Morgan fingerprint density at radius 1 is 0.893 bits per heavy atom. The summed E-state index contributed by atoms with van der Waals surface area (Å²) in [6.07, 6.45) is 1.55. The van der Waals surface area contributed by atoms with E-state index in [-0.39, 0.29) is 12.1 Å². The van der Waals surface area contributed by atoms with Crippen molar-refractivity contribution in [3.8, 4) is 11.8 Å². The lowest BCUT2D eigenvalue weighted by Crippen LogP contribution is -2.26. The Kier molecular flexibility index (Phi) is 5.22. The molecule has 4 rings (SSSR count). The molecule has 136 valence electrons. The maximum Gasteiger partial charge on any atom is 0.415 e. The first-order valence-corrected chi connectivity index (χ1v) is 9.16. The molecule has 3 heteroatoms. The molecule has 0 unspecified atom stereocenters. The van der Waals surface area contributed by atoms with Crippen molar-refractivity contribution in [1.29, 1.82) is 0 Å². The molecule has 0 aliphatic carbocycles. The van der Waals surface area contributed by atoms with Crippen molar-refractivity contribution < 1.29 is 9.53 Å². The van der Waals surface area contributed by atoms with E-state index in [9.17, 15) is 4.79 Å². The first kappa shape index (κ1) is 17.6. The van der Waals surface area contributed by atoms with Gasteiger partial charge in [-0.05, 0) is 35.3 Å². The maximum atomic E-state index is 12.6. The van der Waals surface area contributed by atoms with Crippen LogP contribution in [0.15, 0.2) is 96.7 Å². The van der Waals surface area contributed by atoms with E-state index < -0.39 is 0 Å². The van der Waals surface area contributed by atoms with E-state index in [0.29, 0.717) is 12.3 Å². The summed E-state index contributed by atoms with van der Waals surface area (Å²) in [4.78, 5) is 14.2. The van der Waals surface area contributed by atoms with E-state index in [1.807, 2.05) is 97.1 Å². The van der Waals surface area contributed by atoms with Gasteiger partial charge in [0, 0.05) is 5.56 Å². The summed E-state index contributed by atoms with van der Waals surface area (Å²) in [5, 5.41) is 0. The first-order valence-electron chi connectivity index (χ1n) is 9.16. The van der Waals surface area contributed by atoms with Crippen LogP contribution in [0.5, 0.6) is 0 Å². The van der Waals surface area contributed by atoms with Crippen LogP contribution in [0.1, 0.15) is 22.7 Å². The molecule has 0 bridgehead atoms. The Morgan fingerprint density at radius 3 is 2.18 bits per heavy atom. The Labute approximate surface area is 164 Å². The summed E-state index contributed by atoms with van der Waals surface area (Å²) in [6, 6.07) is 29.3. The number of amides is 1. The van der Waals surface area contributed by atoms with Crippen LogP contribution in [-0.4, -0.2) is 17.6 Å². The van der Waals surface area contributed by atoms with E-state index in [1.165, 1.54) is 0 Å². The van der Waals surface area contributed by atoms with Gasteiger partial charge >= 0.3 is 6.09 Å². The van der Waals surface area contributed by atoms with Gasteiger partial charge in [0.2, 0.25) is 0 Å². The molecule has 0 aromatic heterocycles. The minimum absolute atomic E-state index is 0.200. The number of cyclic esters (lactones) is 1. The normalized spacial score (nSPS) is 16.3. The van der Waals surface area contributed by atoms with Gasteiger partial charge in [0.25, 0.3) is 0 Å². The molecule has 0 saturated carbocycles. The highest BCUT2D eigenvalue weighted by atomic mass is 16.6. The van der Waals surface area contributed by atoms with Gasteiger partial charge in [-0.1, -0.05) is 84.8 Å². The van der Waals surface area contributed by atoms with E-state index in [4.69, 9.17) is 4.74 Å². The van der Waals surface area contributed by atoms with Crippen LogP contribution in [0.25, 0.3) is 6.08 Å². The Morgan fingerprint density at radius 2 is 1.50 bits per heavy atom. The Hall–Kier alpha value is -3.77. The summed E-state index contributed by atoms with van der Waals surface area (Å²) in [6.45, 7) is 0.308. The van der Waals surface area contributed by atoms with Crippen molar-refractivity contribution in [1.82, 2.24) is 4.90 Å². The van der Waals surface area contributed by atoms with Crippen molar-refractivity contribution in [3.63, 3.8) is 0 Å². The molecule has 0 N–H and O–H groups in total. The Balaban J connectivity index is 1.77. The number of allylic oxidation sites excluding steroid dienone is 1. The monoisotopic (exact) mass is 365 g/mol. The third-order valence-electron chi connectivity index (χ3n) is 4.53. The van der Waals surface area contributed by atoms with Crippen LogP contribution in [-0.2, 0) is 4.74 Å². The van der Waals surface area contributed by atoms with Gasteiger partial charge < -0.3 is 4.74 Å². The highest BCUT2D eigenvalue weighted by Gasteiger charge is 2.36. The molecule has 28 heavy (non-hydrogen) atoms. The lowest BCUT2D eigenvalue weighted by Gasteiger charge is -2.21. The predicted molar refractivity (Wildman–Crippen MR) is 110 cm³/mol. The molecule has 3 aromatic rings. The lowest BCUT2D eigenvalue weighted by atomic mass is 10.1. The standard InChI is InChI=1S/C25H19NO2/c27-25-26(24(19-28-25)22-14-8-3-9-15-22)23(18-21-12-6-2-7-13-21)17-16-20-10-4-1-5-11-20/h1-15,18,24H,19H2/b23-18-/t24-/m0/s1. The van der Waals surface area contributed by atoms with Crippen molar-refractivity contribution >= 4 is 12.2 Å². The minimum atomic E-state index is -0.376. The fourth-order valence-electron chi connectivity index (χ4n) is 3.14. The Bertz CT molecular complexity index is 1030. The zero-order chi connectivity index (χ0) is 19.2. The quantitative estimate of drug-likeness (QED) is 0.592. The fraction of sp³-hybridized carbons (Fsp3) is 0.0800. The summed E-state index contributed by atoms with van der Waals surface area (Å²) in [7, 11) is 0. The lowest BCUT2D eigenvalue weighted by molar-refractivity contribution is 0.165. The molecule has 1 aliphatic heterocycles. The zero-order valence-corrected chi connectivity index (χ0v) is 15.3. The molecular formula is C25H19NO2. The van der Waals surface area contributed by atoms with Crippen molar-refractivity contribution in [3.05, 3.63) is 113 Å². The highest BCUT2D eigenvalue weighted by molar-refractivity contribution is 5.77. The molecule has 1 fully saturated rings. The van der Waals surface area contributed by atoms with Gasteiger partial charge in [-0.15, -0.1) is 0 Å². The van der Waals surface area contributed by atoms with E-state index in [2.05, 4.69) is 11.8 Å². The summed E-state index contributed by atoms with van der Waals surface area (Å²) >= 11 is 0. The van der Waals surface area contributed by atoms with Gasteiger partial charge in [-0.25, -0.2) is 4.79 Å².